The van der Waals surface area contributed by atoms with Gasteiger partial charge in [-0.15, -0.1) is 5.10 Å². The monoisotopic (exact) mass is 414 g/mol. The van der Waals surface area contributed by atoms with Crippen molar-refractivity contribution in [3.8, 4) is 17.1 Å². The molecule has 132 valence electrons. The minimum Gasteiger partial charge on any atom is -0.216 e. The van der Waals surface area contributed by atoms with Crippen molar-refractivity contribution in [2.24, 2.45) is 0 Å². The molecule has 0 aliphatic rings. The van der Waals surface area contributed by atoms with E-state index in [4.69, 9.17) is 34.8 Å². The van der Waals surface area contributed by atoms with Crippen LogP contribution in [-0.4, -0.2) is 29.4 Å². The number of hydrogen-bond donors (Lipinski definition) is 0. The van der Waals surface area contributed by atoms with Crippen molar-refractivity contribution < 1.29 is 0 Å². The van der Waals surface area contributed by atoms with Crippen LogP contribution in [0.1, 0.15) is 0 Å². The summed E-state index contributed by atoms with van der Waals surface area (Å²) in [6.45, 7) is 0. The van der Waals surface area contributed by atoms with Gasteiger partial charge in [-0.2, -0.15) is 5.10 Å². The summed E-state index contributed by atoms with van der Waals surface area (Å²) in [6.07, 6.45) is 3.30. The predicted octanol–water partition coefficient (Wildman–Crippen LogP) is 5.09. The van der Waals surface area contributed by atoms with Gasteiger partial charge >= 0.3 is 0 Å². The average Bonchev–Trinajstić information content (AvgIpc) is 3.28. The zero-order chi connectivity index (χ0) is 18.5. The molecule has 0 aliphatic heterocycles. The smallest absolute Gasteiger partial charge is 0.183 e. The van der Waals surface area contributed by atoms with Crippen molar-refractivity contribution >= 4 is 51.5 Å². The van der Waals surface area contributed by atoms with Crippen LogP contribution < -0.4 is 0 Å². The van der Waals surface area contributed by atoms with Gasteiger partial charge in [0.15, 0.2) is 17.1 Å². The Labute approximate surface area is 167 Å². The van der Waals surface area contributed by atoms with E-state index in [2.05, 4.69) is 20.2 Å². The van der Waals surface area contributed by atoms with Gasteiger partial charge < -0.3 is 0 Å². The molecule has 0 radical (unpaired) electrons. The minimum atomic E-state index is 0.447. The SMILES string of the molecule is Clc1ccc(-n2ncc3c2ncn2nc(-c4ccccc4Cl)nc32)cc1Cl. The number of nitrogens with zero attached hydrogens (tertiary/aromatic N) is 6. The third-order valence-corrected chi connectivity index (χ3v) is 5.24. The van der Waals surface area contributed by atoms with Gasteiger partial charge in [0, 0.05) is 5.56 Å². The fourth-order valence-electron chi connectivity index (χ4n) is 2.88. The second-order valence-electron chi connectivity index (χ2n) is 5.82. The van der Waals surface area contributed by atoms with Gasteiger partial charge in [-0.25, -0.2) is 19.2 Å². The lowest BCUT2D eigenvalue weighted by molar-refractivity contribution is 0.882. The molecule has 0 fully saturated rings. The quantitative estimate of drug-likeness (QED) is 0.403. The molecule has 2 aromatic carbocycles. The summed E-state index contributed by atoms with van der Waals surface area (Å²) in [5, 5.41) is 11.2. The topological polar surface area (TPSA) is 60.9 Å². The van der Waals surface area contributed by atoms with Crippen LogP contribution in [0.5, 0.6) is 0 Å². The second-order valence-corrected chi connectivity index (χ2v) is 7.04. The van der Waals surface area contributed by atoms with Crippen LogP contribution in [0.25, 0.3) is 33.8 Å². The molecule has 27 heavy (non-hydrogen) atoms. The molecule has 0 N–H and O–H groups in total. The van der Waals surface area contributed by atoms with Crippen molar-refractivity contribution in [2.75, 3.05) is 0 Å². The lowest BCUT2D eigenvalue weighted by Gasteiger charge is -2.04. The highest BCUT2D eigenvalue weighted by molar-refractivity contribution is 6.42. The maximum atomic E-state index is 6.27. The number of fused-ring (bicyclic) bond motifs is 3. The van der Waals surface area contributed by atoms with Gasteiger partial charge in [0.1, 0.15) is 6.33 Å². The molecule has 3 heterocycles. The van der Waals surface area contributed by atoms with Crippen LogP contribution in [0.2, 0.25) is 15.1 Å². The van der Waals surface area contributed by atoms with Crippen LogP contribution in [0, 0.1) is 0 Å². The van der Waals surface area contributed by atoms with E-state index in [1.165, 1.54) is 0 Å². The molecule has 0 saturated carbocycles. The van der Waals surface area contributed by atoms with E-state index in [1.807, 2.05) is 24.3 Å². The van der Waals surface area contributed by atoms with Crippen LogP contribution in [-0.2, 0) is 0 Å². The third-order valence-electron chi connectivity index (χ3n) is 4.17. The van der Waals surface area contributed by atoms with E-state index in [0.717, 1.165) is 16.6 Å². The Balaban J connectivity index is 1.71. The Kier molecular flexibility index (Phi) is 3.79. The van der Waals surface area contributed by atoms with Gasteiger partial charge in [0.2, 0.25) is 0 Å². The Bertz CT molecular complexity index is 1320. The van der Waals surface area contributed by atoms with Crippen molar-refractivity contribution in [1.29, 1.82) is 0 Å². The molecule has 9 heteroatoms. The Morgan fingerprint density at radius 1 is 0.852 bits per heavy atom. The minimum absolute atomic E-state index is 0.447. The Morgan fingerprint density at radius 3 is 2.52 bits per heavy atom. The molecule has 0 aliphatic carbocycles. The molecule has 6 nitrogen and oxygen atoms in total. The second kappa shape index (κ2) is 6.20. The molecular weight excluding hydrogens is 407 g/mol. The van der Waals surface area contributed by atoms with Gasteiger partial charge in [0.05, 0.1) is 32.3 Å². The normalized spacial score (nSPS) is 11.5. The maximum Gasteiger partial charge on any atom is 0.183 e. The standard InChI is InChI=1S/C18H9Cl3N6/c19-13-4-2-1-3-11(13)16-24-18-12-8-23-27(17(12)22-9-26(18)25-16)10-5-6-14(20)15(21)7-10/h1-9H. The van der Waals surface area contributed by atoms with Crippen molar-refractivity contribution in [1.82, 2.24) is 29.4 Å². The van der Waals surface area contributed by atoms with Crippen LogP contribution in [0.15, 0.2) is 55.0 Å². The number of aromatic nitrogens is 6. The fraction of sp³-hybridized carbons (Fsp3) is 0. The molecule has 0 saturated heterocycles. The highest BCUT2D eigenvalue weighted by atomic mass is 35.5. The number of halogens is 3. The summed E-state index contributed by atoms with van der Waals surface area (Å²) in [5.41, 5.74) is 2.79. The molecule has 0 bridgehead atoms. The van der Waals surface area contributed by atoms with E-state index < -0.39 is 0 Å². The maximum absolute atomic E-state index is 6.27. The predicted molar refractivity (Wildman–Crippen MR) is 106 cm³/mol. The lowest BCUT2D eigenvalue weighted by Crippen LogP contribution is -1.99. The summed E-state index contributed by atoms with van der Waals surface area (Å²) in [4.78, 5) is 9.12. The van der Waals surface area contributed by atoms with Crippen molar-refractivity contribution in [3.63, 3.8) is 0 Å². The summed E-state index contributed by atoms with van der Waals surface area (Å²) in [5.74, 6) is 0.525. The molecule has 0 atom stereocenters. The molecule has 5 aromatic rings. The van der Waals surface area contributed by atoms with Crippen LogP contribution in [0.4, 0.5) is 0 Å². The van der Waals surface area contributed by atoms with Gasteiger partial charge in [-0.1, -0.05) is 46.9 Å². The molecule has 5 rings (SSSR count). The lowest BCUT2D eigenvalue weighted by atomic mass is 10.2. The van der Waals surface area contributed by atoms with Crippen LogP contribution in [0.3, 0.4) is 0 Å². The zero-order valence-corrected chi connectivity index (χ0v) is 15.8. The van der Waals surface area contributed by atoms with Crippen molar-refractivity contribution in [2.45, 2.75) is 0 Å². The van der Waals surface area contributed by atoms with E-state index >= 15 is 0 Å². The summed E-state index contributed by atoms with van der Waals surface area (Å²) in [7, 11) is 0. The van der Waals surface area contributed by atoms with Crippen molar-refractivity contribution in [3.05, 3.63) is 70.1 Å². The summed E-state index contributed by atoms with van der Waals surface area (Å²) >= 11 is 18.4. The molecular formula is C18H9Cl3N6. The first-order valence-corrected chi connectivity index (χ1v) is 9.04. The first-order chi connectivity index (χ1) is 13.1. The highest BCUT2D eigenvalue weighted by Crippen LogP contribution is 2.28. The first-order valence-electron chi connectivity index (χ1n) is 7.91. The highest BCUT2D eigenvalue weighted by Gasteiger charge is 2.16. The van der Waals surface area contributed by atoms with Crippen LogP contribution >= 0.6 is 34.8 Å². The number of benzene rings is 2. The zero-order valence-electron chi connectivity index (χ0n) is 13.5. The molecule has 0 unspecified atom stereocenters. The Morgan fingerprint density at radius 2 is 1.70 bits per heavy atom. The number of hydrogen-bond acceptors (Lipinski definition) is 4. The molecule has 3 aromatic heterocycles. The van der Waals surface area contributed by atoms with Gasteiger partial charge in [0.25, 0.3) is 0 Å². The Hall–Kier alpha value is -2.67. The number of rotatable bonds is 2. The van der Waals surface area contributed by atoms with Gasteiger partial charge in [-0.05, 0) is 30.3 Å². The van der Waals surface area contributed by atoms with Gasteiger partial charge in [-0.3, -0.25) is 0 Å². The first kappa shape index (κ1) is 16.5. The van der Waals surface area contributed by atoms with E-state index in [9.17, 15) is 0 Å². The van der Waals surface area contributed by atoms with E-state index in [0.29, 0.717) is 32.2 Å². The summed E-state index contributed by atoms with van der Waals surface area (Å²) in [6, 6.07) is 12.7. The largest absolute Gasteiger partial charge is 0.216 e. The fourth-order valence-corrected chi connectivity index (χ4v) is 3.40. The molecule has 0 spiro atoms. The van der Waals surface area contributed by atoms with E-state index in [-0.39, 0.29) is 0 Å². The average molecular weight is 416 g/mol. The summed E-state index contributed by atoms with van der Waals surface area (Å²) < 4.78 is 3.29. The third kappa shape index (κ3) is 2.65. The molecule has 0 amide bonds. The van der Waals surface area contributed by atoms with E-state index in [1.54, 1.807) is 39.9 Å².